The van der Waals surface area contributed by atoms with Gasteiger partial charge in [0, 0.05) is 12.1 Å². The Morgan fingerprint density at radius 3 is 2.73 bits per heavy atom. The highest BCUT2D eigenvalue weighted by Gasteiger charge is 2.46. The number of Topliss-reactive ketones (excluding diaryl/α,β-unsaturated/α-hetero) is 1. The smallest absolute Gasteiger partial charge is 0.296 e. The number of aliphatic hydroxyl groups is 1. The number of hydrogen-bond donors (Lipinski definition) is 1. The van der Waals surface area contributed by atoms with Gasteiger partial charge in [0.2, 0.25) is 5.78 Å². The van der Waals surface area contributed by atoms with Crippen LogP contribution >= 0.6 is 22.7 Å². The fourth-order valence-electron chi connectivity index (χ4n) is 3.69. The molecule has 1 aliphatic rings. The van der Waals surface area contributed by atoms with Crippen LogP contribution in [0.15, 0.2) is 71.3 Å². The van der Waals surface area contributed by atoms with Crippen molar-refractivity contribution in [3.05, 3.63) is 97.7 Å². The molecular formula is C22H12FN3O5S2. The lowest BCUT2D eigenvalue weighted by Gasteiger charge is -2.24. The fraction of sp³-hybridized carbons (Fsp3) is 0.0455. The number of rotatable bonds is 5. The third-order valence-electron chi connectivity index (χ3n) is 5.14. The van der Waals surface area contributed by atoms with Crippen LogP contribution in [0, 0.1) is 15.9 Å². The van der Waals surface area contributed by atoms with Crippen molar-refractivity contribution < 1.29 is 24.0 Å². The number of carbonyl (C=O) groups excluding carboxylic acids is 2. The van der Waals surface area contributed by atoms with Crippen LogP contribution in [0.4, 0.5) is 15.2 Å². The molecule has 2 aromatic heterocycles. The monoisotopic (exact) mass is 481 g/mol. The number of nitro benzene ring substituents is 1. The number of amides is 1. The first kappa shape index (κ1) is 20.9. The van der Waals surface area contributed by atoms with Gasteiger partial charge in [0.25, 0.3) is 11.6 Å². The molecule has 2 aromatic carbocycles. The van der Waals surface area contributed by atoms with Crippen molar-refractivity contribution in [2.75, 3.05) is 4.90 Å². The highest BCUT2D eigenvalue weighted by Crippen LogP contribution is 2.45. The van der Waals surface area contributed by atoms with E-state index in [4.69, 9.17) is 0 Å². The molecule has 0 aliphatic carbocycles. The molecule has 1 atom stereocenters. The van der Waals surface area contributed by atoms with Gasteiger partial charge >= 0.3 is 0 Å². The molecule has 1 amide bonds. The Morgan fingerprint density at radius 2 is 2.00 bits per heavy atom. The maximum absolute atomic E-state index is 13.7. The third-order valence-corrected chi connectivity index (χ3v) is 7.03. The number of non-ortho nitro benzene ring substituents is 1. The number of anilines is 1. The molecule has 0 bridgehead atoms. The van der Waals surface area contributed by atoms with Crippen molar-refractivity contribution in [3.63, 3.8) is 0 Å². The minimum atomic E-state index is -1.16. The van der Waals surface area contributed by atoms with Crippen LogP contribution in [0.1, 0.15) is 21.3 Å². The number of thiophene rings is 1. The number of aliphatic hydroxyl groups excluding tert-OH is 1. The SMILES string of the molecule is O=C(C1=C(O)C(=O)N(c2nc3ccc(F)cc3s2)[C@H]1c1cccc([N+](=O)[O-])c1)c1cccs1. The van der Waals surface area contributed by atoms with Gasteiger partial charge < -0.3 is 5.11 Å². The molecule has 0 saturated carbocycles. The Labute approximate surface area is 193 Å². The number of ketones is 1. The van der Waals surface area contributed by atoms with Gasteiger partial charge in [-0.1, -0.05) is 29.5 Å². The standard InChI is InChI=1S/C22H12FN3O5S2/c23-12-6-7-14-16(10-12)33-22(24-14)25-18(11-3-1-4-13(9-11)26(30)31)17(20(28)21(25)29)19(27)15-5-2-8-32-15/h1-10,18,28H/t18-/m0/s1. The number of aromatic nitrogens is 1. The third kappa shape index (κ3) is 3.47. The van der Waals surface area contributed by atoms with Gasteiger partial charge in [-0.3, -0.25) is 24.6 Å². The first-order valence-electron chi connectivity index (χ1n) is 9.50. The summed E-state index contributed by atoms with van der Waals surface area (Å²) in [6.07, 6.45) is 0. The summed E-state index contributed by atoms with van der Waals surface area (Å²) in [4.78, 5) is 43.0. The molecule has 0 fully saturated rings. The normalized spacial score (nSPS) is 16.1. The predicted octanol–water partition coefficient (Wildman–Crippen LogP) is 5.19. The molecule has 3 heterocycles. The molecule has 4 aromatic rings. The number of carbonyl (C=O) groups is 2. The van der Waals surface area contributed by atoms with E-state index in [2.05, 4.69) is 4.98 Å². The van der Waals surface area contributed by atoms with E-state index in [1.807, 2.05) is 0 Å². The fourth-order valence-corrected chi connectivity index (χ4v) is 5.38. The van der Waals surface area contributed by atoms with Crippen molar-refractivity contribution in [1.29, 1.82) is 0 Å². The second-order valence-corrected chi connectivity index (χ2v) is 9.06. The highest BCUT2D eigenvalue weighted by molar-refractivity contribution is 7.22. The van der Waals surface area contributed by atoms with Crippen molar-refractivity contribution in [3.8, 4) is 0 Å². The topological polar surface area (TPSA) is 114 Å². The van der Waals surface area contributed by atoms with Crippen molar-refractivity contribution in [2.24, 2.45) is 0 Å². The number of hydrogen-bond acceptors (Lipinski definition) is 8. The summed E-state index contributed by atoms with van der Waals surface area (Å²) < 4.78 is 14.2. The molecule has 0 radical (unpaired) electrons. The summed E-state index contributed by atoms with van der Waals surface area (Å²) >= 11 is 2.15. The zero-order chi connectivity index (χ0) is 23.3. The van der Waals surface area contributed by atoms with Gasteiger partial charge in [0.15, 0.2) is 10.9 Å². The van der Waals surface area contributed by atoms with E-state index >= 15 is 0 Å². The molecular weight excluding hydrogens is 469 g/mol. The number of halogens is 1. The van der Waals surface area contributed by atoms with E-state index in [1.165, 1.54) is 42.5 Å². The van der Waals surface area contributed by atoms with Gasteiger partial charge in [-0.15, -0.1) is 11.3 Å². The summed E-state index contributed by atoms with van der Waals surface area (Å²) in [5.41, 5.74) is 0.250. The summed E-state index contributed by atoms with van der Waals surface area (Å²) in [7, 11) is 0. The summed E-state index contributed by atoms with van der Waals surface area (Å²) in [6.45, 7) is 0. The zero-order valence-corrected chi connectivity index (χ0v) is 18.1. The van der Waals surface area contributed by atoms with Gasteiger partial charge in [-0.2, -0.15) is 0 Å². The summed E-state index contributed by atoms with van der Waals surface area (Å²) in [6, 6.07) is 11.5. The quantitative estimate of drug-likeness (QED) is 0.238. The first-order valence-corrected chi connectivity index (χ1v) is 11.2. The van der Waals surface area contributed by atoms with Crippen LogP contribution in [0.25, 0.3) is 10.2 Å². The van der Waals surface area contributed by atoms with Gasteiger partial charge in [-0.25, -0.2) is 9.37 Å². The highest BCUT2D eigenvalue weighted by atomic mass is 32.1. The Bertz CT molecular complexity index is 1480. The molecule has 5 rings (SSSR count). The van der Waals surface area contributed by atoms with Gasteiger partial charge in [0.1, 0.15) is 5.82 Å². The average molecular weight is 481 g/mol. The molecule has 0 unspecified atom stereocenters. The molecule has 0 spiro atoms. The predicted molar refractivity (Wildman–Crippen MR) is 121 cm³/mol. The molecule has 164 valence electrons. The second kappa shape index (κ2) is 7.87. The van der Waals surface area contributed by atoms with Crippen molar-refractivity contribution in [2.45, 2.75) is 6.04 Å². The average Bonchev–Trinajstić information content (AvgIpc) is 3.52. The van der Waals surface area contributed by atoms with E-state index in [0.29, 0.717) is 15.1 Å². The molecule has 1 aliphatic heterocycles. The number of benzene rings is 2. The number of nitrogens with zero attached hydrogens (tertiary/aromatic N) is 3. The van der Waals surface area contributed by atoms with Crippen molar-refractivity contribution >= 4 is 55.4 Å². The van der Waals surface area contributed by atoms with Crippen LogP contribution < -0.4 is 4.90 Å². The lowest BCUT2D eigenvalue weighted by Crippen LogP contribution is -2.31. The van der Waals surface area contributed by atoms with E-state index in [1.54, 1.807) is 17.5 Å². The van der Waals surface area contributed by atoms with Crippen LogP contribution in [0.2, 0.25) is 0 Å². The Morgan fingerprint density at radius 1 is 1.18 bits per heavy atom. The lowest BCUT2D eigenvalue weighted by molar-refractivity contribution is -0.384. The number of thiazole rings is 1. The molecule has 0 saturated heterocycles. The largest absolute Gasteiger partial charge is 0.503 e. The molecule has 1 N–H and O–H groups in total. The van der Waals surface area contributed by atoms with Gasteiger partial charge in [0.05, 0.1) is 31.6 Å². The Balaban J connectivity index is 1.70. The summed E-state index contributed by atoms with van der Waals surface area (Å²) in [5.74, 6) is -2.67. The van der Waals surface area contributed by atoms with Crippen LogP contribution in [-0.2, 0) is 4.79 Å². The number of fused-ring (bicyclic) bond motifs is 1. The van der Waals surface area contributed by atoms with E-state index in [9.17, 15) is 29.2 Å². The molecule has 33 heavy (non-hydrogen) atoms. The Kier molecular flexibility index (Phi) is 4.99. The maximum Gasteiger partial charge on any atom is 0.296 e. The van der Waals surface area contributed by atoms with Gasteiger partial charge in [-0.05, 0) is 35.2 Å². The van der Waals surface area contributed by atoms with Crippen molar-refractivity contribution in [1.82, 2.24) is 4.98 Å². The second-order valence-electron chi connectivity index (χ2n) is 7.11. The van der Waals surface area contributed by atoms with E-state index in [-0.39, 0.29) is 22.0 Å². The maximum atomic E-state index is 13.7. The first-order chi connectivity index (χ1) is 15.8. The zero-order valence-electron chi connectivity index (χ0n) is 16.5. The van der Waals surface area contributed by atoms with E-state index in [0.717, 1.165) is 27.6 Å². The molecule has 8 nitrogen and oxygen atoms in total. The molecule has 11 heteroatoms. The minimum Gasteiger partial charge on any atom is -0.503 e. The van der Waals surface area contributed by atoms with Crippen LogP contribution in [0.5, 0.6) is 0 Å². The van der Waals surface area contributed by atoms with Crippen LogP contribution in [0.3, 0.4) is 0 Å². The lowest BCUT2D eigenvalue weighted by atomic mass is 9.95. The summed E-state index contributed by atoms with van der Waals surface area (Å²) in [5, 5.41) is 23.9. The Hall–Kier alpha value is -3.96. The number of nitro groups is 1. The van der Waals surface area contributed by atoms with E-state index < -0.39 is 34.2 Å². The minimum absolute atomic E-state index is 0.123. The van der Waals surface area contributed by atoms with Crippen LogP contribution in [-0.4, -0.2) is 26.7 Å².